The number of carbonyl (C=O) groups is 2. The summed E-state index contributed by atoms with van der Waals surface area (Å²) in [5.74, 6) is -0.437. The Labute approximate surface area is 192 Å². The van der Waals surface area contributed by atoms with E-state index in [0.29, 0.717) is 23.8 Å². The number of nitrogens with one attached hydrogen (secondary N) is 1. The zero-order valence-electron chi connectivity index (χ0n) is 18.3. The molecule has 1 fully saturated rings. The highest BCUT2D eigenvalue weighted by molar-refractivity contribution is 7.15. The van der Waals surface area contributed by atoms with Gasteiger partial charge < -0.3 is 15.0 Å². The molecule has 7 heteroatoms. The Morgan fingerprint density at radius 2 is 1.81 bits per heavy atom. The molecule has 166 valence electrons. The summed E-state index contributed by atoms with van der Waals surface area (Å²) >= 11 is 1.44. The monoisotopic (exact) mass is 449 g/mol. The molecule has 1 atom stereocenters. The largest absolute Gasteiger partial charge is 0.376 e. The number of hydrogen-bond donors (Lipinski definition) is 1. The fourth-order valence-electron chi connectivity index (χ4n) is 3.73. The highest BCUT2D eigenvalue weighted by atomic mass is 32.1. The van der Waals surface area contributed by atoms with Gasteiger partial charge in [-0.25, -0.2) is 4.98 Å². The van der Waals surface area contributed by atoms with Crippen LogP contribution in [0.2, 0.25) is 0 Å². The summed E-state index contributed by atoms with van der Waals surface area (Å²) in [6, 6.07) is 17.5. The summed E-state index contributed by atoms with van der Waals surface area (Å²) in [4.78, 5) is 33.0. The van der Waals surface area contributed by atoms with E-state index in [1.165, 1.54) is 11.3 Å². The van der Waals surface area contributed by atoms with Gasteiger partial charge in [0.15, 0.2) is 5.13 Å². The molecule has 0 spiro atoms. The van der Waals surface area contributed by atoms with Crippen molar-refractivity contribution < 1.29 is 14.3 Å². The van der Waals surface area contributed by atoms with Gasteiger partial charge in [-0.1, -0.05) is 42.5 Å². The molecule has 2 aromatic carbocycles. The molecule has 1 unspecified atom stereocenters. The minimum atomic E-state index is -0.258. The number of benzene rings is 2. The van der Waals surface area contributed by atoms with Crippen LogP contribution >= 0.6 is 11.3 Å². The summed E-state index contributed by atoms with van der Waals surface area (Å²) in [5.41, 5.74) is 3.59. The third kappa shape index (κ3) is 5.41. The molecule has 1 N–H and O–H groups in total. The molecular formula is C25H27N3O3S. The Morgan fingerprint density at radius 1 is 1.09 bits per heavy atom. The van der Waals surface area contributed by atoms with Gasteiger partial charge in [0.05, 0.1) is 11.8 Å². The summed E-state index contributed by atoms with van der Waals surface area (Å²) in [5, 5.41) is 3.39. The number of aromatic nitrogens is 1. The van der Waals surface area contributed by atoms with Crippen molar-refractivity contribution in [3.63, 3.8) is 0 Å². The SMILES string of the molecule is Cc1nc(NC(=O)CN(CC2CCCO2)C(=O)c2ccc(-c3ccccc3)cc2)sc1C. The maximum atomic E-state index is 13.3. The van der Waals surface area contributed by atoms with Crippen molar-refractivity contribution >= 4 is 28.3 Å². The first-order valence-electron chi connectivity index (χ1n) is 10.8. The predicted molar refractivity (Wildman–Crippen MR) is 127 cm³/mol. The van der Waals surface area contributed by atoms with E-state index in [0.717, 1.165) is 34.5 Å². The molecule has 1 saturated heterocycles. The van der Waals surface area contributed by atoms with E-state index in [-0.39, 0.29) is 24.5 Å². The third-order valence-corrected chi connectivity index (χ3v) is 6.57. The molecule has 0 bridgehead atoms. The molecule has 4 rings (SSSR count). The summed E-state index contributed by atoms with van der Waals surface area (Å²) in [6.07, 6.45) is 1.82. The van der Waals surface area contributed by atoms with Crippen LogP contribution in [0.25, 0.3) is 11.1 Å². The smallest absolute Gasteiger partial charge is 0.254 e. The number of nitrogens with zero attached hydrogens (tertiary/aromatic N) is 2. The molecule has 2 heterocycles. The Kier molecular flexibility index (Phi) is 6.97. The first-order valence-corrected chi connectivity index (χ1v) is 11.6. The topological polar surface area (TPSA) is 71.5 Å². The molecule has 6 nitrogen and oxygen atoms in total. The van der Waals surface area contributed by atoms with Crippen molar-refractivity contribution in [2.24, 2.45) is 0 Å². The molecule has 32 heavy (non-hydrogen) atoms. The number of rotatable bonds is 7. The Hall–Kier alpha value is -3.03. The van der Waals surface area contributed by atoms with Crippen molar-refractivity contribution in [2.75, 3.05) is 25.0 Å². The van der Waals surface area contributed by atoms with Crippen LogP contribution in [0.3, 0.4) is 0 Å². The lowest BCUT2D eigenvalue weighted by molar-refractivity contribution is -0.117. The van der Waals surface area contributed by atoms with Crippen LogP contribution in [0.5, 0.6) is 0 Å². The van der Waals surface area contributed by atoms with Crippen molar-refractivity contribution in [3.8, 4) is 11.1 Å². The van der Waals surface area contributed by atoms with Crippen molar-refractivity contribution in [3.05, 3.63) is 70.7 Å². The van der Waals surface area contributed by atoms with Gasteiger partial charge in [0.2, 0.25) is 5.91 Å². The van der Waals surface area contributed by atoms with Crippen LogP contribution in [0.4, 0.5) is 5.13 Å². The normalized spacial score (nSPS) is 15.5. The predicted octanol–water partition coefficient (Wildman–Crippen LogP) is 4.69. The minimum Gasteiger partial charge on any atom is -0.376 e. The summed E-state index contributed by atoms with van der Waals surface area (Å²) in [7, 11) is 0. The molecule has 1 aromatic heterocycles. The van der Waals surface area contributed by atoms with Gasteiger partial charge in [0, 0.05) is 23.6 Å². The van der Waals surface area contributed by atoms with E-state index in [1.807, 2.05) is 68.4 Å². The maximum Gasteiger partial charge on any atom is 0.254 e. The van der Waals surface area contributed by atoms with E-state index in [1.54, 1.807) is 4.90 Å². The van der Waals surface area contributed by atoms with Gasteiger partial charge in [-0.2, -0.15) is 0 Å². The van der Waals surface area contributed by atoms with E-state index in [2.05, 4.69) is 10.3 Å². The second-order valence-corrected chi connectivity index (χ2v) is 9.18. The van der Waals surface area contributed by atoms with E-state index < -0.39 is 0 Å². The molecule has 2 amide bonds. The second-order valence-electron chi connectivity index (χ2n) is 7.97. The van der Waals surface area contributed by atoms with Crippen molar-refractivity contribution in [2.45, 2.75) is 32.8 Å². The lowest BCUT2D eigenvalue weighted by Gasteiger charge is -2.25. The van der Waals surface area contributed by atoms with Crippen molar-refractivity contribution in [1.82, 2.24) is 9.88 Å². The van der Waals surface area contributed by atoms with Crippen LogP contribution in [0, 0.1) is 13.8 Å². The van der Waals surface area contributed by atoms with Gasteiger partial charge in [0.1, 0.15) is 6.54 Å². The molecule has 0 radical (unpaired) electrons. The Bertz CT molecular complexity index is 1050. The lowest BCUT2D eigenvalue weighted by atomic mass is 10.0. The number of amides is 2. The first-order chi connectivity index (χ1) is 15.5. The molecular weight excluding hydrogens is 422 g/mol. The number of hydrogen-bond acceptors (Lipinski definition) is 5. The Balaban J connectivity index is 1.48. The van der Waals surface area contributed by atoms with Crippen LogP contribution in [-0.4, -0.2) is 47.5 Å². The van der Waals surface area contributed by atoms with Crippen LogP contribution in [0.15, 0.2) is 54.6 Å². The number of thiazole rings is 1. The van der Waals surface area contributed by atoms with Crippen LogP contribution < -0.4 is 5.32 Å². The highest BCUT2D eigenvalue weighted by Gasteiger charge is 2.25. The molecule has 3 aromatic rings. The first kappa shape index (κ1) is 22.2. The van der Waals surface area contributed by atoms with E-state index >= 15 is 0 Å². The quantitative estimate of drug-likeness (QED) is 0.568. The van der Waals surface area contributed by atoms with Crippen molar-refractivity contribution in [1.29, 1.82) is 0 Å². The van der Waals surface area contributed by atoms with Gasteiger partial charge >= 0.3 is 0 Å². The maximum absolute atomic E-state index is 13.3. The minimum absolute atomic E-state index is 0.0420. The third-order valence-electron chi connectivity index (χ3n) is 5.58. The Morgan fingerprint density at radius 3 is 2.44 bits per heavy atom. The summed E-state index contributed by atoms with van der Waals surface area (Å²) in [6.45, 7) is 4.92. The number of aryl methyl sites for hydroxylation is 2. The summed E-state index contributed by atoms with van der Waals surface area (Å²) < 4.78 is 5.73. The van der Waals surface area contributed by atoms with Gasteiger partial charge in [-0.15, -0.1) is 11.3 Å². The second kappa shape index (κ2) is 10.1. The number of anilines is 1. The zero-order chi connectivity index (χ0) is 22.5. The highest BCUT2D eigenvalue weighted by Crippen LogP contribution is 2.22. The number of ether oxygens (including phenoxy) is 1. The van der Waals surface area contributed by atoms with Gasteiger partial charge in [-0.05, 0) is 49.9 Å². The molecule has 0 aliphatic carbocycles. The standard InChI is InChI=1S/C25H27N3O3S/c1-17-18(2)32-25(26-17)27-23(29)16-28(15-22-9-6-14-31-22)24(30)21-12-10-20(11-13-21)19-7-4-3-5-8-19/h3-5,7-8,10-13,22H,6,9,14-16H2,1-2H3,(H,26,27,29). The fourth-order valence-corrected chi connectivity index (χ4v) is 4.56. The van der Waals surface area contributed by atoms with Crippen LogP contribution in [-0.2, 0) is 9.53 Å². The van der Waals surface area contributed by atoms with E-state index in [9.17, 15) is 9.59 Å². The van der Waals surface area contributed by atoms with Crippen LogP contribution in [0.1, 0.15) is 33.8 Å². The molecule has 0 saturated carbocycles. The fraction of sp³-hybridized carbons (Fsp3) is 0.320. The average molecular weight is 450 g/mol. The molecule has 1 aliphatic heterocycles. The van der Waals surface area contributed by atoms with E-state index in [4.69, 9.17) is 4.74 Å². The van der Waals surface area contributed by atoms with Gasteiger partial charge in [0.25, 0.3) is 5.91 Å². The zero-order valence-corrected chi connectivity index (χ0v) is 19.2. The number of carbonyl (C=O) groups excluding carboxylic acids is 2. The average Bonchev–Trinajstić information content (AvgIpc) is 3.42. The lowest BCUT2D eigenvalue weighted by Crippen LogP contribution is -2.42. The molecule has 1 aliphatic rings. The van der Waals surface area contributed by atoms with Gasteiger partial charge in [-0.3, -0.25) is 9.59 Å².